The van der Waals surface area contributed by atoms with Gasteiger partial charge in [0.2, 0.25) is 24.5 Å². The molecule has 0 radical (unpaired) electrons. The Morgan fingerprint density at radius 1 is 0.947 bits per heavy atom. The summed E-state index contributed by atoms with van der Waals surface area (Å²) in [6.45, 7) is 0.122. The van der Waals surface area contributed by atoms with E-state index in [1.807, 2.05) is 41.4 Å². The number of rotatable bonds is 4. The quantitative estimate of drug-likeness (QED) is 0.537. The smallest absolute Gasteiger partial charge is 0.247 e. The number of ether oxygens (including phenoxy) is 3. The molecule has 9 nitrogen and oxygen atoms in total. The van der Waals surface area contributed by atoms with Crippen LogP contribution < -0.4 is 24.4 Å². The number of hydrogen-bond acceptors (Lipinski definition) is 7. The van der Waals surface area contributed by atoms with Crippen molar-refractivity contribution in [2.24, 2.45) is 11.8 Å². The molecule has 0 bridgehead atoms. The summed E-state index contributed by atoms with van der Waals surface area (Å²) < 4.78 is 16.0. The van der Waals surface area contributed by atoms with Crippen LogP contribution in [0.3, 0.4) is 0 Å². The summed E-state index contributed by atoms with van der Waals surface area (Å²) in [4.78, 5) is 44.8. The highest BCUT2D eigenvalue weighted by Crippen LogP contribution is 2.53. The number of anilines is 2. The molecule has 7 rings (SSSR count). The molecule has 3 aromatic rings. The SMILES string of the molecule is COc1ccc(N2C(=O)[C@@H]3[C@H](C2=O)C2c4ccccc4C=CN2[C@@H]3C(=O)Nc2ccc3c(c2)OCO3)cc1. The van der Waals surface area contributed by atoms with E-state index in [0.717, 1.165) is 11.1 Å². The molecule has 0 saturated carbocycles. The second-order valence-electron chi connectivity index (χ2n) is 9.60. The summed E-state index contributed by atoms with van der Waals surface area (Å²) in [6.07, 6.45) is 3.75. The molecule has 4 heterocycles. The van der Waals surface area contributed by atoms with Gasteiger partial charge >= 0.3 is 0 Å². The van der Waals surface area contributed by atoms with Gasteiger partial charge in [-0.2, -0.15) is 0 Å². The normalized spacial score (nSPS) is 24.2. The molecule has 38 heavy (non-hydrogen) atoms. The van der Waals surface area contributed by atoms with E-state index in [1.165, 1.54) is 4.90 Å². The number of hydrogen-bond donors (Lipinski definition) is 1. The van der Waals surface area contributed by atoms with Crippen LogP contribution in [0.5, 0.6) is 17.2 Å². The summed E-state index contributed by atoms with van der Waals surface area (Å²) in [7, 11) is 1.55. The van der Waals surface area contributed by atoms with Gasteiger partial charge in [0.05, 0.1) is 30.7 Å². The fraction of sp³-hybridized carbons (Fsp3) is 0.207. The first kappa shape index (κ1) is 22.4. The highest BCUT2D eigenvalue weighted by molar-refractivity contribution is 6.24. The second-order valence-corrected chi connectivity index (χ2v) is 9.60. The van der Waals surface area contributed by atoms with Gasteiger partial charge in [0.1, 0.15) is 11.8 Å². The Bertz CT molecular complexity index is 1520. The summed E-state index contributed by atoms with van der Waals surface area (Å²) in [5.74, 6) is -0.905. The fourth-order valence-electron chi connectivity index (χ4n) is 6.03. The molecule has 1 N–H and O–H groups in total. The van der Waals surface area contributed by atoms with Crippen molar-refractivity contribution in [1.29, 1.82) is 0 Å². The lowest BCUT2D eigenvalue weighted by molar-refractivity contribution is -0.128. The van der Waals surface area contributed by atoms with Crippen LogP contribution in [-0.4, -0.2) is 42.6 Å². The van der Waals surface area contributed by atoms with E-state index in [9.17, 15) is 14.4 Å². The van der Waals surface area contributed by atoms with Crippen LogP contribution in [0.2, 0.25) is 0 Å². The number of amides is 3. The average molecular weight is 510 g/mol. The van der Waals surface area contributed by atoms with Gasteiger partial charge in [-0.05, 0) is 53.6 Å². The monoisotopic (exact) mass is 509 g/mol. The molecule has 0 aromatic heterocycles. The molecule has 1 unspecified atom stereocenters. The van der Waals surface area contributed by atoms with E-state index in [0.29, 0.717) is 28.6 Å². The predicted molar refractivity (Wildman–Crippen MR) is 138 cm³/mol. The fourth-order valence-corrected chi connectivity index (χ4v) is 6.03. The van der Waals surface area contributed by atoms with E-state index < -0.39 is 29.8 Å². The summed E-state index contributed by atoms with van der Waals surface area (Å²) >= 11 is 0. The number of imide groups is 1. The second kappa shape index (κ2) is 8.37. The summed E-state index contributed by atoms with van der Waals surface area (Å²) in [6, 6.07) is 18.4. The number of nitrogens with zero attached hydrogens (tertiary/aromatic N) is 2. The Kier molecular flexibility index (Phi) is 4.94. The molecule has 4 atom stereocenters. The molecular weight excluding hydrogens is 486 g/mol. The van der Waals surface area contributed by atoms with E-state index in [1.54, 1.807) is 49.6 Å². The van der Waals surface area contributed by atoms with Gasteiger partial charge in [-0.15, -0.1) is 0 Å². The van der Waals surface area contributed by atoms with Crippen molar-refractivity contribution in [2.75, 3.05) is 24.1 Å². The van der Waals surface area contributed by atoms with E-state index in [2.05, 4.69) is 5.32 Å². The number of methoxy groups -OCH3 is 1. The molecule has 9 heteroatoms. The predicted octanol–water partition coefficient (Wildman–Crippen LogP) is 3.58. The Morgan fingerprint density at radius 2 is 1.71 bits per heavy atom. The van der Waals surface area contributed by atoms with Crippen LogP contribution in [-0.2, 0) is 14.4 Å². The van der Waals surface area contributed by atoms with E-state index in [4.69, 9.17) is 14.2 Å². The molecule has 2 fully saturated rings. The van der Waals surface area contributed by atoms with Gasteiger partial charge in [0.15, 0.2) is 11.5 Å². The van der Waals surface area contributed by atoms with Crippen molar-refractivity contribution in [3.05, 3.63) is 84.1 Å². The Labute approximate surface area is 218 Å². The Hall–Kier alpha value is -4.79. The van der Waals surface area contributed by atoms with Crippen molar-refractivity contribution in [2.45, 2.75) is 12.1 Å². The van der Waals surface area contributed by atoms with Crippen molar-refractivity contribution >= 4 is 35.2 Å². The minimum absolute atomic E-state index is 0.122. The molecule has 0 spiro atoms. The minimum atomic E-state index is -0.889. The molecule has 4 aliphatic rings. The number of nitrogens with one attached hydrogen (secondary N) is 1. The molecule has 3 amide bonds. The first-order chi connectivity index (χ1) is 18.5. The van der Waals surface area contributed by atoms with E-state index in [-0.39, 0.29) is 18.6 Å². The van der Waals surface area contributed by atoms with Crippen molar-refractivity contribution < 1.29 is 28.6 Å². The molecule has 190 valence electrons. The number of carbonyl (C=O) groups excluding carboxylic acids is 3. The lowest BCUT2D eigenvalue weighted by Gasteiger charge is -2.35. The summed E-state index contributed by atoms with van der Waals surface area (Å²) in [5.41, 5.74) is 2.86. The maximum Gasteiger partial charge on any atom is 0.247 e. The molecular formula is C29H23N3O6. The van der Waals surface area contributed by atoms with Crippen LogP contribution in [0.25, 0.3) is 6.08 Å². The van der Waals surface area contributed by atoms with Crippen molar-refractivity contribution in [3.63, 3.8) is 0 Å². The van der Waals surface area contributed by atoms with Crippen LogP contribution in [0.15, 0.2) is 72.9 Å². The standard InChI is InChI=1S/C29H23N3O6/c1-36-19-9-7-18(8-10-19)32-28(34)23-24(29(32)35)26(31-13-12-16-4-2-3-5-20(16)25(23)31)27(33)30-17-6-11-21-22(14-17)38-15-37-21/h2-14,23-26H,15H2,1H3,(H,30,33)/t23-,24+,25?,26-/m0/s1. The molecule has 4 aliphatic heterocycles. The largest absolute Gasteiger partial charge is 0.497 e. The third kappa shape index (κ3) is 3.21. The molecule has 2 saturated heterocycles. The first-order valence-electron chi connectivity index (χ1n) is 12.3. The number of carbonyl (C=O) groups is 3. The highest BCUT2D eigenvalue weighted by atomic mass is 16.7. The maximum absolute atomic E-state index is 13.9. The first-order valence-corrected chi connectivity index (χ1v) is 12.3. The highest BCUT2D eigenvalue weighted by Gasteiger charge is 2.64. The van der Waals surface area contributed by atoms with Crippen LogP contribution in [0, 0.1) is 11.8 Å². The lowest BCUT2D eigenvalue weighted by Crippen LogP contribution is -2.46. The van der Waals surface area contributed by atoms with Gasteiger partial charge in [-0.25, -0.2) is 4.90 Å². The lowest BCUT2D eigenvalue weighted by atomic mass is 9.84. The van der Waals surface area contributed by atoms with Gasteiger partial charge in [-0.1, -0.05) is 24.3 Å². The average Bonchev–Trinajstić information content (AvgIpc) is 3.61. The summed E-state index contributed by atoms with van der Waals surface area (Å²) in [5, 5.41) is 2.94. The zero-order valence-corrected chi connectivity index (χ0v) is 20.4. The van der Waals surface area contributed by atoms with Gasteiger partial charge in [0, 0.05) is 18.0 Å². The molecule has 3 aromatic carbocycles. The van der Waals surface area contributed by atoms with E-state index >= 15 is 0 Å². The third-order valence-electron chi connectivity index (χ3n) is 7.70. The molecule has 0 aliphatic carbocycles. The van der Waals surface area contributed by atoms with Gasteiger partial charge in [-0.3, -0.25) is 14.4 Å². The Balaban J connectivity index is 1.28. The minimum Gasteiger partial charge on any atom is -0.497 e. The number of benzene rings is 3. The zero-order chi connectivity index (χ0) is 26.0. The van der Waals surface area contributed by atoms with Crippen LogP contribution in [0.1, 0.15) is 17.2 Å². The van der Waals surface area contributed by atoms with Gasteiger partial charge in [0.25, 0.3) is 0 Å². The Morgan fingerprint density at radius 3 is 2.53 bits per heavy atom. The maximum atomic E-state index is 13.9. The topological polar surface area (TPSA) is 97.4 Å². The van der Waals surface area contributed by atoms with Crippen LogP contribution in [0.4, 0.5) is 11.4 Å². The van der Waals surface area contributed by atoms with Crippen molar-refractivity contribution in [3.8, 4) is 17.2 Å². The number of fused-ring (bicyclic) bond motifs is 6. The van der Waals surface area contributed by atoms with Crippen molar-refractivity contribution in [1.82, 2.24) is 4.90 Å². The third-order valence-corrected chi connectivity index (χ3v) is 7.70. The van der Waals surface area contributed by atoms with Crippen LogP contribution >= 0.6 is 0 Å². The zero-order valence-electron chi connectivity index (χ0n) is 20.4. The van der Waals surface area contributed by atoms with Gasteiger partial charge < -0.3 is 24.4 Å².